The number of aromatic nitrogens is 2. The van der Waals surface area contributed by atoms with Crippen molar-refractivity contribution in [2.45, 2.75) is 36.5 Å². The van der Waals surface area contributed by atoms with Crippen LogP contribution < -0.4 is 5.32 Å². The number of thioether (sulfide) groups is 2. The van der Waals surface area contributed by atoms with E-state index in [0.29, 0.717) is 5.95 Å². The summed E-state index contributed by atoms with van der Waals surface area (Å²) >= 11 is 7.30. The van der Waals surface area contributed by atoms with Crippen LogP contribution in [0.2, 0.25) is 0 Å². The minimum atomic E-state index is 0.685. The Morgan fingerprint density at radius 3 is 2.78 bits per heavy atom. The summed E-state index contributed by atoms with van der Waals surface area (Å²) < 4.78 is 1.04. The van der Waals surface area contributed by atoms with Gasteiger partial charge in [0.05, 0.1) is 5.52 Å². The Morgan fingerprint density at radius 2 is 1.96 bits per heavy atom. The van der Waals surface area contributed by atoms with Gasteiger partial charge in [0.1, 0.15) is 0 Å². The first-order valence-corrected chi connectivity index (χ1v) is 11.9. The number of fused-ring (bicyclic) bond motifs is 1. The van der Waals surface area contributed by atoms with Crippen molar-refractivity contribution in [3.63, 3.8) is 0 Å². The van der Waals surface area contributed by atoms with Gasteiger partial charge in [-0.15, -0.1) is 23.5 Å². The zero-order valence-corrected chi connectivity index (χ0v) is 18.9. The summed E-state index contributed by atoms with van der Waals surface area (Å²) in [7, 11) is 0. The van der Waals surface area contributed by atoms with E-state index in [9.17, 15) is 0 Å². The van der Waals surface area contributed by atoms with Crippen LogP contribution in [-0.4, -0.2) is 28.0 Å². The number of nitrogens with one attached hydrogen (secondary N) is 1. The molecular weight excluding hydrogens is 438 g/mol. The number of benzene rings is 2. The van der Waals surface area contributed by atoms with Crippen LogP contribution in [0, 0.1) is 6.92 Å². The van der Waals surface area contributed by atoms with Gasteiger partial charge in [0, 0.05) is 38.1 Å². The standard InChI is InChI=1S/C21H24BrN3S2/c1-3-4-10-27-20-8-6-18(12-15(20)2)26-11-9-23-21-24-14-16-13-17(22)5-7-19(16)25-21/h5-8,12-14H,3-4,9-11H2,1-2H3,(H,23,24,25). The molecule has 1 aromatic heterocycles. The maximum absolute atomic E-state index is 4.57. The molecule has 2 aromatic carbocycles. The Labute approximate surface area is 178 Å². The van der Waals surface area contributed by atoms with Crippen molar-refractivity contribution in [3.05, 3.63) is 52.6 Å². The molecule has 0 aliphatic heterocycles. The molecule has 3 aromatic rings. The fourth-order valence-electron chi connectivity index (χ4n) is 2.62. The summed E-state index contributed by atoms with van der Waals surface area (Å²) in [4.78, 5) is 11.7. The van der Waals surface area contributed by atoms with Crippen LogP contribution >= 0.6 is 39.5 Å². The lowest BCUT2D eigenvalue weighted by molar-refractivity contribution is 0.896. The normalized spacial score (nSPS) is 11.1. The number of hydrogen-bond acceptors (Lipinski definition) is 5. The van der Waals surface area contributed by atoms with Crippen LogP contribution in [0.25, 0.3) is 10.9 Å². The van der Waals surface area contributed by atoms with Crippen LogP contribution in [0.5, 0.6) is 0 Å². The van der Waals surface area contributed by atoms with Crippen LogP contribution in [0.1, 0.15) is 25.3 Å². The van der Waals surface area contributed by atoms with E-state index < -0.39 is 0 Å². The van der Waals surface area contributed by atoms with Gasteiger partial charge in [0.15, 0.2) is 0 Å². The Kier molecular flexibility index (Phi) is 7.85. The molecule has 6 heteroatoms. The first-order chi connectivity index (χ1) is 13.2. The molecule has 1 heterocycles. The third kappa shape index (κ3) is 6.13. The van der Waals surface area contributed by atoms with Gasteiger partial charge >= 0.3 is 0 Å². The average molecular weight is 462 g/mol. The number of hydrogen-bond donors (Lipinski definition) is 1. The second-order valence-electron chi connectivity index (χ2n) is 6.30. The van der Waals surface area contributed by atoms with Crippen LogP contribution in [-0.2, 0) is 0 Å². The number of unbranched alkanes of at least 4 members (excludes halogenated alkanes) is 1. The van der Waals surface area contributed by atoms with Crippen molar-refractivity contribution in [1.82, 2.24) is 9.97 Å². The maximum Gasteiger partial charge on any atom is 0.223 e. The zero-order valence-electron chi connectivity index (χ0n) is 15.7. The minimum absolute atomic E-state index is 0.685. The molecule has 0 aliphatic carbocycles. The zero-order chi connectivity index (χ0) is 19.1. The number of halogens is 1. The fraction of sp³-hybridized carbons (Fsp3) is 0.333. The Morgan fingerprint density at radius 1 is 1.07 bits per heavy atom. The van der Waals surface area contributed by atoms with Crippen LogP contribution in [0.3, 0.4) is 0 Å². The molecule has 0 unspecified atom stereocenters. The van der Waals surface area contributed by atoms with Gasteiger partial charge in [-0.05, 0) is 61.1 Å². The summed E-state index contributed by atoms with van der Waals surface area (Å²) in [5.41, 5.74) is 2.33. The van der Waals surface area contributed by atoms with Crippen molar-refractivity contribution in [1.29, 1.82) is 0 Å². The molecule has 0 saturated carbocycles. The Hall–Kier alpha value is -1.24. The summed E-state index contributed by atoms with van der Waals surface area (Å²) in [5, 5.41) is 4.36. The smallest absolute Gasteiger partial charge is 0.223 e. The van der Waals surface area contributed by atoms with Crippen molar-refractivity contribution < 1.29 is 0 Å². The topological polar surface area (TPSA) is 37.8 Å². The maximum atomic E-state index is 4.57. The lowest BCUT2D eigenvalue weighted by atomic mass is 10.2. The third-order valence-corrected chi connectivity index (χ3v) is 6.85. The van der Waals surface area contributed by atoms with Crippen LogP contribution in [0.4, 0.5) is 5.95 Å². The molecule has 3 rings (SSSR count). The second kappa shape index (κ2) is 10.3. The van der Waals surface area contributed by atoms with Crippen molar-refractivity contribution in [2.24, 2.45) is 0 Å². The first-order valence-electron chi connectivity index (χ1n) is 9.18. The number of nitrogens with zero attached hydrogens (tertiary/aromatic N) is 2. The number of anilines is 1. The van der Waals surface area contributed by atoms with E-state index >= 15 is 0 Å². The van der Waals surface area contributed by atoms with Crippen LogP contribution in [0.15, 0.2) is 56.9 Å². The SMILES string of the molecule is CCCCSc1ccc(SCCNc2ncc3cc(Br)ccc3n2)cc1C. The summed E-state index contributed by atoms with van der Waals surface area (Å²) in [6.45, 7) is 5.28. The highest BCUT2D eigenvalue weighted by Gasteiger charge is 2.03. The Balaban J connectivity index is 1.48. The molecule has 0 radical (unpaired) electrons. The van der Waals surface area contributed by atoms with Gasteiger partial charge in [-0.3, -0.25) is 0 Å². The molecule has 1 N–H and O–H groups in total. The van der Waals surface area contributed by atoms with E-state index in [1.54, 1.807) is 0 Å². The van der Waals surface area contributed by atoms with Crippen molar-refractivity contribution >= 4 is 56.3 Å². The average Bonchev–Trinajstić information content (AvgIpc) is 2.67. The predicted molar refractivity (Wildman–Crippen MR) is 123 cm³/mol. The largest absolute Gasteiger partial charge is 0.353 e. The van der Waals surface area contributed by atoms with Gasteiger partial charge in [-0.25, -0.2) is 9.97 Å². The monoisotopic (exact) mass is 461 g/mol. The Bertz CT molecular complexity index is 902. The van der Waals surface area contributed by atoms with Crippen molar-refractivity contribution in [3.8, 4) is 0 Å². The van der Waals surface area contributed by atoms with Gasteiger partial charge in [-0.2, -0.15) is 0 Å². The lowest BCUT2D eigenvalue weighted by Crippen LogP contribution is -2.07. The van der Waals surface area contributed by atoms with E-state index in [1.165, 1.54) is 33.9 Å². The van der Waals surface area contributed by atoms with Gasteiger partial charge < -0.3 is 5.32 Å². The summed E-state index contributed by atoms with van der Waals surface area (Å²) in [6.07, 6.45) is 4.40. The predicted octanol–water partition coefficient (Wildman–Crippen LogP) is 6.80. The molecule has 0 aliphatic rings. The van der Waals surface area contributed by atoms with E-state index in [0.717, 1.165) is 27.7 Å². The molecule has 0 bridgehead atoms. The molecule has 0 atom stereocenters. The molecule has 0 fully saturated rings. The van der Waals surface area contributed by atoms with Gasteiger partial charge in [0.25, 0.3) is 0 Å². The van der Waals surface area contributed by atoms with Gasteiger partial charge in [0.2, 0.25) is 5.95 Å². The third-order valence-electron chi connectivity index (χ3n) is 4.10. The van der Waals surface area contributed by atoms with E-state index in [2.05, 4.69) is 63.3 Å². The fourth-order valence-corrected chi connectivity index (χ4v) is 4.97. The molecule has 27 heavy (non-hydrogen) atoms. The highest BCUT2D eigenvalue weighted by atomic mass is 79.9. The molecular formula is C21H24BrN3S2. The van der Waals surface area contributed by atoms with Gasteiger partial charge in [-0.1, -0.05) is 29.3 Å². The van der Waals surface area contributed by atoms with E-state index in [-0.39, 0.29) is 0 Å². The number of aryl methyl sites for hydroxylation is 1. The van der Waals surface area contributed by atoms with E-state index in [1.807, 2.05) is 47.9 Å². The summed E-state index contributed by atoms with van der Waals surface area (Å²) in [5.74, 6) is 2.87. The van der Waals surface area contributed by atoms with E-state index in [4.69, 9.17) is 0 Å². The first kappa shape index (κ1) is 20.5. The van der Waals surface area contributed by atoms with Crippen molar-refractivity contribution in [2.75, 3.05) is 23.4 Å². The molecule has 142 valence electrons. The molecule has 3 nitrogen and oxygen atoms in total. The quantitative estimate of drug-likeness (QED) is 0.280. The molecule has 0 saturated heterocycles. The highest BCUT2D eigenvalue weighted by molar-refractivity contribution is 9.10. The minimum Gasteiger partial charge on any atom is -0.353 e. The highest BCUT2D eigenvalue weighted by Crippen LogP contribution is 2.28. The lowest BCUT2D eigenvalue weighted by Gasteiger charge is -2.09. The summed E-state index contributed by atoms with van der Waals surface area (Å²) in [6, 6.07) is 12.8. The molecule has 0 amide bonds. The molecule has 0 spiro atoms. The number of rotatable bonds is 9. The second-order valence-corrected chi connectivity index (χ2v) is 9.52.